The second kappa shape index (κ2) is 10.9. The third-order valence-corrected chi connectivity index (χ3v) is 4.53. The summed E-state index contributed by atoms with van der Waals surface area (Å²) >= 11 is 0. The van der Waals surface area contributed by atoms with Gasteiger partial charge in [0.25, 0.3) is 5.91 Å². The fraction of sp³-hybridized carbons (Fsp3) is 0.208. The van der Waals surface area contributed by atoms with E-state index in [2.05, 4.69) is 15.6 Å². The molecular weight excluding hydrogens is 392 g/mol. The molecule has 160 valence electrons. The molecule has 3 aromatic rings. The standard InChI is InChI=1S/C24H26N4O3/c1-28(2)22-11-10-20(27-23(29)17-31-16-18-7-4-3-5-8-18)13-21(22)24(30)26-15-19-9-6-12-25-14-19/h3-14H,15-17H2,1-2H3,(H,26,30)(H,27,29). The van der Waals surface area contributed by atoms with Crippen molar-refractivity contribution in [2.24, 2.45) is 0 Å². The van der Waals surface area contributed by atoms with Crippen molar-refractivity contribution in [2.75, 3.05) is 30.9 Å². The van der Waals surface area contributed by atoms with Gasteiger partial charge in [-0.1, -0.05) is 36.4 Å². The number of hydrogen-bond acceptors (Lipinski definition) is 5. The van der Waals surface area contributed by atoms with Gasteiger partial charge < -0.3 is 20.3 Å². The fourth-order valence-electron chi connectivity index (χ4n) is 3.00. The quantitative estimate of drug-likeness (QED) is 0.557. The number of carbonyl (C=O) groups is 2. The molecule has 0 aliphatic carbocycles. The number of aromatic nitrogens is 1. The molecule has 0 aliphatic rings. The van der Waals surface area contributed by atoms with Gasteiger partial charge in [-0.25, -0.2) is 0 Å². The van der Waals surface area contributed by atoms with Crippen molar-refractivity contribution in [1.29, 1.82) is 0 Å². The van der Waals surface area contributed by atoms with Crippen molar-refractivity contribution < 1.29 is 14.3 Å². The number of benzene rings is 2. The number of nitrogens with one attached hydrogen (secondary N) is 2. The lowest BCUT2D eigenvalue weighted by Gasteiger charge is -2.18. The molecule has 0 fully saturated rings. The first-order chi connectivity index (χ1) is 15.0. The van der Waals surface area contributed by atoms with Gasteiger partial charge in [0.05, 0.1) is 12.2 Å². The molecule has 0 radical (unpaired) electrons. The molecule has 0 saturated heterocycles. The number of ether oxygens (including phenoxy) is 1. The van der Waals surface area contributed by atoms with Gasteiger partial charge >= 0.3 is 0 Å². The molecule has 2 aromatic carbocycles. The second-order valence-corrected chi connectivity index (χ2v) is 7.20. The Hall–Kier alpha value is -3.71. The van der Waals surface area contributed by atoms with Crippen LogP contribution in [0.2, 0.25) is 0 Å². The Labute approximate surface area is 182 Å². The maximum Gasteiger partial charge on any atom is 0.253 e. The van der Waals surface area contributed by atoms with Crippen molar-refractivity contribution in [2.45, 2.75) is 13.2 Å². The monoisotopic (exact) mass is 418 g/mol. The van der Waals surface area contributed by atoms with Crippen LogP contribution in [0.15, 0.2) is 73.1 Å². The van der Waals surface area contributed by atoms with E-state index in [1.807, 2.05) is 61.5 Å². The van der Waals surface area contributed by atoms with Gasteiger partial charge in [0.2, 0.25) is 5.91 Å². The Morgan fingerprint density at radius 1 is 1.00 bits per heavy atom. The Bertz CT molecular complexity index is 1010. The van der Waals surface area contributed by atoms with Crippen LogP contribution in [0.4, 0.5) is 11.4 Å². The number of anilines is 2. The minimum atomic E-state index is -0.282. The van der Waals surface area contributed by atoms with Crippen LogP contribution >= 0.6 is 0 Å². The lowest BCUT2D eigenvalue weighted by Crippen LogP contribution is -2.26. The van der Waals surface area contributed by atoms with Crippen LogP contribution in [0.25, 0.3) is 0 Å². The van der Waals surface area contributed by atoms with Gasteiger partial charge in [0.1, 0.15) is 6.61 Å². The molecule has 2 N–H and O–H groups in total. The molecule has 0 atom stereocenters. The number of amides is 2. The molecule has 3 rings (SSSR count). The van der Waals surface area contributed by atoms with Crippen molar-refractivity contribution in [1.82, 2.24) is 10.3 Å². The minimum absolute atomic E-state index is 0.0765. The number of pyridine rings is 1. The van der Waals surface area contributed by atoms with Crippen LogP contribution in [0, 0.1) is 0 Å². The molecule has 31 heavy (non-hydrogen) atoms. The van der Waals surface area contributed by atoms with E-state index in [0.29, 0.717) is 24.4 Å². The van der Waals surface area contributed by atoms with E-state index in [-0.39, 0.29) is 18.4 Å². The Balaban J connectivity index is 1.61. The van der Waals surface area contributed by atoms with E-state index in [9.17, 15) is 9.59 Å². The molecule has 1 heterocycles. The molecule has 0 unspecified atom stereocenters. The molecule has 0 bridgehead atoms. The first-order valence-corrected chi connectivity index (χ1v) is 9.93. The Morgan fingerprint density at radius 2 is 1.77 bits per heavy atom. The van der Waals surface area contributed by atoms with Gasteiger partial charge in [-0.05, 0) is 35.4 Å². The van der Waals surface area contributed by atoms with E-state index >= 15 is 0 Å². The summed E-state index contributed by atoms with van der Waals surface area (Å²) in [6.45, 7) is 0.645. The van der Waals surface area contributed by atoms with Crippen molar-refractivity contribution in [3.63, 3.8) is 0 Å². The summed E-state index contributed by atoms with van der Waals surface area (Å²) < 4.78 is 5.48. The van der Waals surface area contributed by atoms with E-state index in [1.165, 1.54) is 0 Å². The predicted molar refractivity (Wildman–Crippen MR) is 121 cm³/mol. The molecular formula is C24H26N4O3. The molecule has 7 nitrogen and oxygen atoms in total. The molecule has 2 amide bonds. The number of carbonyl (C=O) groups excluding carboxylic acids is 2. The summed E-state index contributed by atoms with van der Waals surface area (Å²) in [5, 5.41) is 5.69. The lowest BCUT2D eigenvalue weighted by atomic mass is 10.1. The zero-order valence-corrected chi connectivity index (χ0v) is 17.7. The first-order valence-electron chi connectivity index (χ1n) is 9.93. The SMILES string of the molecule is CN(C)c1ccc(NC(=O)COCc2ccccc2)cc1C(=O)NCc1cccnc1. The average Bonchev–Trinajstić information content (AvgIpc) is 2.78. The van der Waals surface area contributed by atoms with E-state index in [0.717, 1.165) is 16.8 Å². The second-order valence-electron chi connectivity index (χ2n) is 7.20. The first kappa shape index (κ1) is 22.0. The summed E-state index contributed by atoms with van der Waals surface area (Å²) in [6.07, 6.45) is 3.39. The maximum atomic E-state index is 12.8. The highest BCUT2D eigenvalue weighted by Gasteiger charge is 2.15. The lowest BCUT2D eigenvalue weighted by molar-refractivity contribution is -0.121. The van der Waals surface area contributed by atoms with Gasteiger partial charge in [0.15, 0.2) is 0 Å². The van der Waals surface area contributed by atoms with Crippen LogP contribution in [0.1, 0.15) is 21.5 Å². The highest BCUT2D eigenvalue weighted by Crippen LogP contribution is 2.23. The summed E-state index contributed by atoms with van der Waals surface area (Å²) in [4.78, 5) is 31.0. The molecule has 0 saturated carbocycles. The van der Waals surface area contributed by atoms with Gasteiger partial charge in [-0.3, -0.25) is 14.6 Å². The van der Waals surface area contributed by atoms with Crippen LogP contribution in [-0.2, 0) is 22.7 Å². The van der Waals surface area contributed by atoms with Crippen molar-refractivity contribution in [3.8, 4) is 0 Å². The zero-order chi connectivity index (χ0) is 22.1. The zero-order valence-electron chi connectivity index (χ0n) is 17.7. The van der Waals surface area contributed by atoms with E-state index < -0.39 is 0 Å². The topological polar surface area (TPSA) is 83.6 Å². The van der Waals surface area contributed by atoms with E-state index in [1.54, 1.807) is 30.6 Å². The Morgan fingerprint density at radius 3 is 2.48 bits per heavy atom. The Kier molecular flexibility index (Phi) is 7.73. The number of rotatable bonds is 9. The fourth-order valence-corrected chi connectivity index (χ4v) is 3.00. The maximum absolute atomic E-state index is 12.8. The largest absolute Gasteiger partial charge is 0.377 e. The van der Waals surface area contributed by atoms with Gasteiger partial charge in [-0.15, -0.1) is 0 Å². The van der Waals surface area contributed by atoms with E-state index in [4.69, 9.17) is 4.74 Å². The van der Waals surface area contributed by atoms with Gasteiger partial charge in [0, 0.05) is 44.4 Å². The van der Waals surface area contributed by atoms with Crippen molar-refractivity contribution >= 4 is 23.2 Å². The third kappa shape index (κ3) is 6.65. The molecule has 0 aliphatic heterocycles. The molecule has 7 heteroatoms. The summed E-state index contributed by atoms with van der Waals surface area (Å²) in [7, 11) is 3.73. The number of hydrogen-bond donors (Lipinski definition) is 2. The summed E-state index contributed by atoms with van der Waals surface area (Å²) in [6, 6.07) is 18.6. The van der Waals surface area contributed by atoms with Crippen molar-refractivity contribution in [3.05, 3.63) is 89.7 Å². The van der Waals surface area contributed by atoms with Crippen LogP contribution < -0.4 is 15.5 Å². The van der Waals surface area contributed by atoms with Crippen LogP contribution in [0.5, 0.6) is 0 Å². The van der Waals surface area contributed by atoms with Gasteiger partial charge in [-0.2, -0.15) is 0 Å². The average molecular weight is 418 g/mol. The van der Waals surface area contributed by atoms with Crippen LogP contribution in [0.3, 0.4) is 0 Å². The molecule has 0 spiro atoms. The highest BCUT2D eigenvalue weighted by atomic mass is 16.5. The summed E-state index contributed by atoms with van der Waals surface area (Å²) in [5.41, 5.74) is 3.66. The normalized spacial score (nSPS) is 10.4. The smallest absolute Gasteiger partial charge is 0.253 e. The highest BCUT2D eigenvalue weighted by molar-refractivity contribution is 6.02. The summed E-state index contributed by atoms with van der Waals surface area (Å²) in [5.74, 6) is -0.515. The predicted octanol–water partition coefficient (Wildman–Crippen LogP) is 3.23. The van der Waals surface area contributed by atoms with Crippen LogP contribution in [-0.4, -0.2) is 37.5 Å². The molecule has 1 aromatic heterocycles. The number of nitrogens with zero attached hydrogens (tertiary/aromatic N) is 2. The minimum Gasteiger partial charge on any atom is -0.377 e. The third-order valence-electron chi connectivity index (χ3n) is 4.53.